The van der Waals surface area contributed by atoms with Crippen molar-refractivity contribution in [2.24, 2.45) is 0 Å². The standard InChI is InChI=1S/C69H41N5O2/c1-5-15-42(16-6-1)46-27-34-58-55(40-46)63-60(74(58)50-30-25-45(26-31-50)69-71-67(43-17-7-2-8-18-43)70-68(72-69)44-19-9-3-10-20-44)37-33-53-52-32-36-59-64(66(52)76-65(53)63)56-41-47(28-35-57(56)73(59)49-21-11-4-12-22-49)48-29-38-62-54(39-48)51-23-13-14-24-61(51)75-62/h1-41H. The number of furan rings is 2. The highest BCUT2D eigenvalue weighted by Gasteiger charge is 2.24. The van der Waals surface area contributed by atoms with Crippen LogP contribution in [0.15, 0.2) is 258 Å². The summed E-state index contributed by atoms with van der Waals surface area (Å²) in [5, 5.41) is 8.71. The normalized spacial score (nSPS) is 11.9. The predicted octanol–water partition coefficient (Wildman–Crippen LogP) is 18.2. The molecule has 0 atom stereocenters. The lowest BCUT2D eigenvalue weighted by molar-refractivity contribution is 0.669. The smallest absolute Gasteiger partial charge is 0.164 e. The lowest BCUT2D eigenvalue weighted by Gasteiger charge is -2.11. The highest BCUT2D eigenvalue weighted by atomic mass is 16.3. The lowest BCUT2D eigenvalue weighted by Crippen LogP contribution is -2.00. The fraction of sp³-hybridized carbons (Fsp3) is 0. The molecule has 0 aliphatic heterocycles. The Balaban J connectivity index is 0.913. The van der Waals surface area contributed by atoms with E-state index in [4.69, 9.17) is 23.8 Å². The first kappa shape index (κ1) is 42.2. The number of hydrogen-bond donors (Lipinski definition) is 0. The van der Waals surface area contributed by atoms with E-state index >= 15 is 0 Å². The van der Waals surface area contributed by atoms with E-state index in [0.29, 0.717) is 17.5 Å². The number of rotatable bonds is 7. The third-order valence-electron chi connectivity index (χ3n) is 15.2. The minimum atomic E-state index is 0.609. The molecule has 16 rings (SSSR count). The number of benzene rings is 11. The highest BCUT2D eigenvalue weighted by Crippen LogP contribution is 2.46. The molecule has 0 aliphatic carbocycles. The van der Waals surface area contributed by atoms with Gasteiger partial charge in [0.05, 0.1) is 32.8 Å². The zero-order valence-electron chi connectivity index (χ0n) is 40.7. The van der Waals surface area contributed by atoms with Crippen LogP contribution in [0.1, 0.15) is 0 Å². The summed E-state index contributed by atoms with van der Waals surface area (Å²) in [6.45, 7) is 0. The van der Waals surface area contributed by atoms with Crippen LogP contribution in [0, 0.1) is 0 Å². The Morgan fingerprint density at radius 1 is 0.250 bits per heavy atom. The van der Waals surface area contributed by atoms with Crippen LogP contribution in [-0.2, 0) is 0 Å². The fourth-order valence-corrected chi connectivity index (χ4v) is 11.6. The van der Waals surface area contributed by atoms with Crippen LogP contribution in [0.3, 0.4) is 0 Å². The number of fused-ring (bicyclic) bond motifs is 14. The molecule has 7 heteroatoms. The second-order valence-corrected chi connectivity index (χ2v) is 19.5. The average Bonchev–Trinajstić information content (AvgIpc) is 4.40. The van der Waals surface area contributed by atoms with Gasteiger partial charge in [-0.05, 0) is 125 Å². The maximum absolute atomic E-state index is 7.49. The van der Waals surface area contributed by atoms with Gasteiger partial charge in [0.2, 0.25) is 0 Å². The van der Waals surface area contributed by atoms with Crippen LogP contribution in [0.2, 0.25) is 0 Å². The number of aromatic nitrogens is 5. The van der Waals surface area contributed by atoms with Crippen molar-refractivity contribution in [1.82, 2.24) is 24.1 Å². The molecule has 0 radical (unpaired) electrons. The number of para-hydroxylation sites is 2. The summed E-state index contributed by atoms with van der Waals surface area (Å²) in [4.78, 5) is 15.0. The Morgan fingerprint density at radius 2 is 0.645 bits per heavy atom. The zero-order valence-corrected chi connectivity index (χ0v) is 40.7. The van der Waals surface area contributed by atoms with Crippen molar-refractivity contribution in [3.05, 3.63) is 249 Å². The van der Waals surface area contributed by atoms with Crippen LogP contribution in [0.4, 0.5) is 0 Å². The van der Waals surface area contributed by atoms with Gasteiger partial charge in [-0.15, -0.1) is 0 Å². The van der Waals surface area contributed by atoms with E-state index in [1.807, 2.05) is 72.8 Å². The van der Waals surface area contributed by atoms with Crippen LogP contribution in [0.5, 0.6) is 0 Å². The first-order valence-electron chi connectivity index (χ1n) is 25.6. The van der Waals surface area contributed by atoms with Crippen molar-refractivity contribution in [3.63, 3.8) is 0 Å². The Morgan fingerprint density at radius 3 is 1.20 bits per heavy atom. The van der Waals surface area contributed by atoms with Crippen LogP contribution < -0.4 is 0 Å². The van der Waals surface area contributed by atoms with E-state index in [9.17, 15) is 0 Å². The van der Waals surface area contributed by atoms with E-state index in [1.165, 1.54) is 0 Å². The molecule has 7 nitrogen and oxygen atoms in total. The third-order valence-corrected chi connectivity index (χ3v) is 15.2. The summed E-state index contributed by atoms with van der Waals surface area (Å²) in [6.07, 6.45) is 0. The van der Waals surface area contributed by atoms with Crippen molar-refractivity contribution in [2.75, 3.05) is 0 Å². The monoisotopic (exact) mass is 971 g/mol. The van der Waals surface area contributed by atoms with Crippen molar-refractivity contribution in [2.45, 2.75) is 0 Å². The van der Waals surface area contributed by atoms with Crippen molar-refractivity contribution in [3.8, 4) is 67.8 Å². The van der Waals surface area contributed by atoms with E-state index in [1.54, 1.807) is 0 Å². The van der Waals surface area contributed by atoms with Crippen molar-refractivity contribution < 1.29 is 8.83 Å². The van der Waals surface area contributed by atoms with Crippen LogP contribution >= 0.6 is 0 Å². The minimum absolute atomic E-state index is 0.609. The highest BCUT2D eigenvalue weighted by molar-refractivity contribution is 6.29. The van der Waals surface area contributed by atoms with Gasteiger partial charge in [-0.25, -0.2) is 15.0 Å². The van der Waals surface area contributed by atoms with E-state index in [2.05, 4.69) is 185 Å². The second kappa shape index (κ2) is 16.6. The van der Waals surface area contributed by atoms with Gasteiger partial charge < -0.3 is 18.0 Å². The maximum Gasteiger partial charge on any atom is 0.164 e. The van der Waals surface area contributed by atoms with Gasteiger partial charge >= 0.3 is 0 Å². The van der Waals surface area contributed by atoms with E-state index in [0.717, 1.165) is 138 Å². The quantitative estimate of drug-likeness (QED) is 0.159. The van der Waals surface area contributed by atoms with Crippen molar-refractivity contribution >= 4 is 87.5 Å². The average molecular weight is 972 g/mol. The molecule has 0 fully saturated rings. The minimum Gasteiger partial charge on any atom is -0.456 e. The van der Waals surface area contributed by atoms with Gasteiger partial charge in [-0.2, -0.15) is 0 Å². The first-order valence-corrected chi connectivity index (χ1v) is 25.6. The van der Waals surface area contributed by atoms with Gasteiger partial charge in [0, 0.05) is 60.4 Å². The summed E-state index contributed by atoms with van der Waals surface area (Å²) in [5.41, 5.74) is 17.2. The maximum atomic E-state index is 7.49. The van der Waals surface area contributed by atoms with Gasteiger partial charge in [-0.3, -0.25) is 0 Å². The molecule has 0 amide bonds. The third kappa shape index (κ3) is 6.52. The molecule has 5 aromatic heterocycles. The number of hydrogen-bond acceptors (Lipinski definition) is 5. The summed E-state index contributed by atoms with van der Waals surface area (Å²) in [5.74, 6) is 1.87. The Bertz CT molecular complexity index is 4900. The molecular weight excluding hydrogens is 931 g/mol. The summed E-state index contributed by atoms with van der Waals surface area (Å²) < 4.78 is 18.5. The SMILES string of the molecule is c1ccc(-c2ccc3c(c2)c2c4oc5c(ccc6c5c5cc(-c7ccc8oc9ccccc9c8c7)ccc5n6-c5ccccc5)c4ccc2n3-c2ccc(-c3nc(-c4ccccc4)nc(-c4ccccc4)n3)cc2)cc1. The second-order valence-electron chi connectivity index (χ2n) is 19.5. The predicted molar refractivity (Wildman–Crippen MR) is 310 cm³/mol. The van der Waals surface area contributed by atoms with Gasteiger partial charge in [0.25, 0.3) is 0 Å². The molecule has 11 aromatic carbocycles. The van der Waals surface area contributed by atoms with Crippen molar-refractivity contribution in [1.29, 1.82) is 0 Å². The van der Waals surface area contributed by atoms with Crippen LogP contribution in [-0.4, -0.2) is 24.1 Å². The molecule has 354 valence electrons. The molecule has 0 saturated carbocycles. The molecule has 0 bridgehead atoms. The largest absolute Gasteiger partial charge is 0.456 e. The zero-order chi connectivity index (χ0) is 49.8. The lowest BCUT2D eigenvalue weighted by atomic mass is 10.00. The summed E-state index contributed by atoms with van der Waals surface area (Å²) in [7, 11) is 0. The van der Waals surface area contributed by atoms with E-state index < -0.39 is 0 Å². The number of nitrogens with zero attached hydrogens (tertiary/aromatic N) is 5. The molecule has 0 N–H and O–H groups in total. The van der Waals surface area contributed by atoms with Gasteiger partial charge in [0.1, 0.15) is 22.3 Å². The molecule has 0 aliphatic rings. The molecule has 76 heavy (non-hydrogen) atoms. The van der Waals surface area contributed by atoms with Gasteiger partial charge in [-0.1, -0.05) is 146 Å². The molecular formula is C69H41N5O2. The molecule has 0 saturated heterocycles. The summed E-state index contributed by atoms with van der Waals surface area (Å²) in [6, 6.07) is 87.4. The Labute approximate surface area is 434 Å². The fourth-order valence-electron chi connectivity index (χ4n) is 11.6. The molecule has 16 aromatic rings. The topological polar surface area (TPSA) is 74.8 Å². The van der Waals surface area contributed by atoms with Gasteiger partial charge in [0.15, 0.2) is 17.5 Å². The Hall–Kier alpha value is -10.4. The molecule has 0 unspecified atom stereocenters. The van der Waals surface area contributed by atoms with E-state index in [-0.39, 0.29) is 0 Å². The van der Waals surface area contributed by atoms with Crippen LogP contribution in [0.25, 0.3) is 155 Å². The summed E-state index contributed by atoms with van der Waals surface area (Å²) >= 11 is 0. The first-order chi connectivity index (χ1) is 37.7. The Kier molecular flexibility index (Phi) is 9.20. The molecule has 0 spiro atoms. The molecule has 5 heterocycles.